The van der Waals surface area contributed by atoms with Crippen LogP contribution in [0.2, 0.25) is 0 Å². The molecule has 0 aliphatic rings. The third-order valence-electron chi connectivity index (χ3n) is 4.19. The lowest BCUT2D eigenvalue weighted by atomic mass is 10.0. The molecule has 0 heterocycles. The van der Waals surface area contributed by atoms with Crippen LogP contribution in [-0.2, 0) is 27.4 Å². The average molecular weight is 401 g/mol. The van der Waals surface area contributed by atoms with Gasteiger partial charge in [0, 0.05) is 18.1 Å². The van der Waals surface area contributed by atoms with Gasteiger partial charge in [-0.05, 0) is 24.6 Å². The van der Waals surface area contributed by atoms with E-state index in [-0.39, 0.29) is 17.7 Å². The summed E-state index contributed by atoms with van der Waals surface area (Å²) in [5, 5.41) is 13.8. The van der Waals surface area contributed by atoms with Crippen molar-refractivity contribution in [1.82, 2.24) is 5.32 Å². The molecule has 1 amide bonds. The average Bonchev–Trinajstić information content (AvgIpc) is 2.72. The first kappa shape index (κ1) is 21.8. The third kappa shape index (κ3) is 6.28. The highest BCUT2D eigenvalue weighted by atomic mass is 16.6. The highest BCUT2D eigenvalue weighted by Gasteiger charge is 2.24. The summed E-state index contributed by atoms with van der Waals surface area (Å²) < 4.78 is 10.2. The van der Waals surface area contributed by atoms with Gasteiger partial charge in [-0.3, -0.25) is 14.9 Å². The molecule has 2 aromatic rings. The van der Waals surface area contributed by atoms with E-state index in [1.807, 2.05) is 30.3 Å². The van der Waals surface area contributed by atoms with Crippen molar-refractivity contribution in [3.8, 4) is 5.75 Å². The summed E-state index contributed by atoms with van der Waals surface area (Å²) in [6.07, 6.45) is -0.0986. The van der Waals surface area contributed by atoms with E-state index in [2.05, 4.69) is 10.1 Å². The van der Waals surface area contributed by atoms with Crippen molar-refractivity contribution >= 4 is 17.6 Å². The van der Waals surface area contributed by atoms with Gasteiger partial charge in [0.25, 0.3) is 5.69 Å². The summed E-state index contributed by atoms with van der Waals surface area (Å²) in [5.41, 5.74) is 6.93. The molecule has 0 aromatic heterocycles. The molecule has 3 N–H and O–H groups in total. The van der Waals surface area contributed by atoms with Crippen molar-refractivity contribution in [2.75, 3.05) is 7.11 Å². The van der Waals surface area contributed by atoms with Crippen LogP contribution in [0.15, 0.2) is 48.5 Å². The zero-order valence-corrected chi connectivity index (χ0v) is 16.2. The Morgan fingerprint density at radius 3 is 2.52 bits per heavy atom. The molecule has 0 spiro atoms. The Morgan fingerprint density at radius 2 is 1.90 bits per heavy atom. The number of esters is 1. The van der Waals surface area contributed by atoms with Gasteiger partial charge < -0.3 is 20.5 Å². The maximum absolute atomic E-state index is 12.2. The number of hydrogen-bond donors (Lipinski definition) is 2. The zero-order chi connectivity index (χ0) is 21.4. The lowest BCUT2D eigenvalue weighted by molar-refractivity contribution is -0.385. The summed E-state index contributed by atoms with van der Waals surface area (Å²) in [6.45, 7) is 1.75. The number of rotatable bonds is 9. The highest BCUT2D eigenvalue weighted by Crippen LogP contribution is 2.26. The fourth-order valence-corrected chi connectivity index (χ4v) is 2.62. The van der Waals surface area contributed by atoms with Crippen LogP contribution < -0.4 is 15.8 Å². The maximum atomic E-state index is 12.2. The van der Waals surface area contributed by atoms with Gasteiger partial charge in [-0.2, -0.15) is 0 Å². The molecule has 0 fully saturated rings. The van der Waals surface area contributed by atoms with E-state index in [0.29, 0.717) is 12.4 Å². The smallest absolute Gasteiger partial charge is 0.328 e. The Morgan fingerprint density at radius 1 is 1.21 bits per heavy atom. The van der Waals surface area contributed by atoms with Crippen LogP contribution in [0, 0.1) is 10.1 Å². The van der Waals surface area contributed by atoms with Gasteiger partial charge in [0.2, 0.25) is 5.91 Å². The Kier molecular flexibility index (Phi) is 7.67. The van der Waals surface area contributed by atoms with Crippen LogP contribution in [0.3, 0.4) is 0 Å². The molecular weight excluding hydrogens is 378 g/mol. The number of amides is 1. The molecule has 0 unspecified atom stereocenters. The highest BCUT2D eigenvalue weighted by molar-refractivity contribution is 5.87. The Bertz CT molecular complexity index is 872. The molecule has 0 radical (unpaired) electrons. The van der Waals surface area contributed by atoms with Crippen LogP contribution >= 0.6 is 0 Å². The molecule has 0 saturated carbocycles. The van der Waals surface area contributed by atoms with Crippen LogP contribution in [-0.4, -0.2) is 36.0 Å². The fourth-order valence-electron chi connectivity index (χ4n) is 2.62. The second kappa shape index (κ2) is 10.2. The van der Waals surface area contributed by atoms with E-state index >= 15 is 0 Å². The second-order valence-electron chi connectivity index (χ2n) is 6.39. The number of methoxy groups -OCH3 is 1. The van der Waals surface area contributed by atoms with Crippen molar-refractivity contribution in [2.24, 2.45) is 5.73 Å². The largest absolute Gasteiger partial charge is 0.489 e. The van der Waals surface area contributed by atoms with Gasteiger partial charge in [0.05, 0.1) is 18.1 Å². The molecule has 0 aliphatic heterocycles. The number of nitrogens with two attached hydrogens (primary N) is 1. The van der Waals surface area contributed by atoms with Gasteiger partial charge in [0.15, 0.2) is 0 Å². The molecule has 0 bridgehead atoms. The SMILES string of the molecule is COC(=O)[C@H](C)NC(=O)[C@@H](N)Cc1cc(OCc2ccccc2)ccc1[N+](=O)[O-]. The predicted octanol–water partition coefficient (Wildman–Crippen LogP) is 1.72. The summed E-state index contributed by atoms with van der Waals surface area (Å²) in [5.74, 6) is -0.814. The van der Waals surface area contributed by atoms with Crippen LogP contribution in [0.25, 0.3) is 0 Å². The summed E-state index contributed by atoms with van der Waals surface area (Å²) in [7, 11) is 1.20. The Balaban J connectivity index is 2.11. The zero-order valence-electron chi connectivity index (χ0n) is 16.2. The van der Waals surface area contributed by atoms with Gasteiger partial charge in [0.1, 0.15) is 18.4 Å². The van der Waals surface area contributed by atoms with Gasteiger partial charge >= 0.3 is 5.97 Å². The van der Waals surface area contributed by atoms with E-state index in [9.17, 15) is 19.7 Å². The first-order valence-electron chi connectivity index (χ1n) is 8.89. The minimum Gasteiger partial charge on any atom is -0.489 e. The monoisotopic (exact) mass is 401 g/mol. The number of benzene rings is 2. The summed E-state index contributed by atoms with van der Waals surface area (Å²) in [4.78, 5) is 34.4. The number of ether oxygens (including phenoxy) is 2. The standard InChI is InChI=1S/C20H23N3O6/c1-13(20(25)28-2)22-19(24)17(21)11-15-10-16(8-9-18(15)23(26)27)29-12-14-6-4-3-5-7-14/h3-10,13,17H,11-12,21H2,1-2H3,(H,22,24)/t13-,17-/m0/s1. The van der Waals surface area contributed by atoms with E-state index in [4.69, 9.17) is 10.5 Å². The number of hydrogen-bond acceptors (Lipinski definition) is 7. The van der Waals surface area contributed by atoms with Crippen molar-refractivity contribution in [3.63, 3.8) is 0 Å². The van der Waals surface area contributed by atoms with Crippen molar-refractivity contribution in [1.29, 1.82) is 0 Å². The number of nitrogens with zero attached hydrogens (tertiary/aromatic N) is 1. The number of nitro benzene ring substituents is 1. The minimum absolute atomic E-state index is 0.0986. The Hall–Kier alpha value is -3.46. The lowest BCUT2D eigenvalue weighted by Crippen LogP contribution is -2.48. The number of carbonyl (C=O) groups is 2. The molecule has 154 valence electrons. The number of nitrogens with one attached hydrogen (secondary N) is 1. The van der Waals surface area contributed by atoms with E-state index in [1.54, 1.807) is 0 Å². The first-order chi connectivity index (χ1) is 13.8. The topological polar surface area (TPSA) is 134 Å². The van der Waals surface area contributed by atoms with Gasteiger partial charge in [-0.25, -0.2) is 4.79 Å². The molecular formula is C20H23N3O6. The van der Waals surface area contributed by atoms with E-state index in [0.717, 1.165) is 5.56 Å². The Labute approximate surface area is 168 Å². The van der Waals surface area contributed by atoms with Crippen LogP contribution in [0.1, 0.15) is 18.1 Å². The maximum Gasteiger partial charge on any atom is 0.328 e. The fraction of sp³-hybridized carbons (Fsp3) is 0.300. The second-order valence-corrected chi connectivity index (χ2v) is 6.39. The quantitative estimate of drug-likeness (QED) is 0.371. The predicted molar refractivity (Wildman–Crippen MR) is 105 cm³/mol. The summed E-state index contributed by atoms with van der Waals surface area (Å²) >= 11 is 0. The molecule has 29 heavy (non-hydrogen) atoms. The molecule has 0 aliphatic carbocycles. The lowest BCUT2D eigenvalue weighted by Gasteiger charge is -2.16. The minimum atomic E-state index is -1.09. The molecule has 0 saturated heterocycles. The summed E-state index contributed by atoms with van der Waals surface area (Å²) in [6, 6.07) is 11.8. The van der Waals surface area contributed by atoms with E-state index in [1.165, 1.54) is 32.2 Å². The van der Waals surface area contributed by atoms with Crippen molar-refractivity contribution in [2.45, 2.75) is 32.0 Å². The van der Waals surface area contributed by atoms with Gasteiger partial charge in [-0.1, -0.05) is 30.3 Å². The number of nitro groups is 1. The molecule has 2 aromatic carbocycles. The third-order valence-corrected chi connectivity index (χ3v) is 4.19. The van der Waals surface area contributed by atoms with Crippen LogP contribution in [0.4, 0.5) is 5.69 Å². The van der Waals surface area contributed by atoms with E-state index < -0.39 is 28.9 Å². The molecule has 9 heteroatoms. The molecule has 2 rings (SSSR count). The normalized spacial score (nSPS) is 12.5. The van der Waals surface area contributed by atoms with Crippen molar-refractivity contribution < 1.29 is 24.0 Å². The molecule has 2 atom stereocenters. The first-order valence-corrected chi connectivity index (χ1v) is 8.89. The van der Waals surface area contributed by atoms with Crippen LogP contribution in [0.5, 0.6) is 5.75 Å². The number of carbonyl (C=O) groups excluding carboxylic acids is 2. The molecule has 9 nitrogen and oxygen atoms in total. The van der Waals surface area contributed by atoms with Gasteiger partial charge in [-0.15, -0.1) is 0 Å². The van der Waals surface area contributed by atoms with Crippen molar-refractivity contribution in [3.05, 3.63) is 69.8 Å².